The Morgan fingerprint density at radius 1 is 1.17 bits per heavy atom. The molecule has 0 bridgehead atoms. The molecule has 1 aliphatic rings. The van der Waals surface area contributed by atoms with Crippen molar-refractivity contribution in [2.75, 3.05) is 20.8 Å². The van der Waals surface area contributed by atoms with Crippen LogP contribution < -0.4 is 9.47 Å². The molecule has 0 unspecified atom stereocenters. The standard InChI is InChI=1S/C22H20N4O4/c1-28-18-10-9-16(12-19(18)29-2)20-24-21(30-25-20)17-4-3-11-26(17)22(27)15-7-5-14(13-23)6-8-15/h5-10,12,17H,3-4,11H2,1-2H3/t17-/m0/s1. The summed E-state index contributed by atoms with van der Waals surface area (Å²) in [5.41, 5.74) is 1.77. The quantitative estimate of drug-likeness (QED) is 0.640. The number of nitriles is 1. The number of hydrogen-bond acceptors (Lipinski definition) is 7. The highest BCUT2D eigenvalue weighted by atomic mass is 16.5. The number of aromatic nitrogens is 2. The van der Waals surface area contributed by atoms with Crippen LogP contribution in [0.3, 0.4) is 0 Å². The zero-order valence-corrected chi connectivity index (χ0v) is 16.7. The summed E-state index contributed by atoms with van der Waals surface area (Å²) < 4.78 is 16.1. The van der Waals surface area contributed by atoms with Crippen molar-refractivity contribution in [3.8, 4) is 29.0 Å². The van der Waals surface area contributed by atoms with Gasteiger partial charge in [-0.25, -0.2) is 0 Å². The van der Waals surface area contributed by atoms with Crippen LogP contribution in [0.15, 0.2) is 47.0 Å². The van der Waals surface area contributed by atoms with E-state index in [1.807, 2.05) is 6.07 Å². The lowest BCUT2D eigenvalue weighted by molar-refractivity contribution is 0.0710. The van der Waals surface area contributed by atoms with E-state index in [4.69, 9.17) is 19.3 Å². The molecule has 1 amide bonds. The lowest BCUT2D eigenvalue weighted by Gasteiger charge is -2.21. The van der Waals surface area contributed by atoms with E-state index >= 15 is 0 Å². The smallest absolute Gasteiger partial charge is 0.254 e. The van der Waals surface area contributed by atoms with Crippen LogP contribution in [0.5, 0.6) is 11.5 Å². The van der Waals surface area contributed by atoms with Gasteiger partial charge >= 0.3 is 0 Å². The summed E-state index contributed by atoms with van der Waals surface area (Å²) in [5.74, 6) is 1.88. The van der Waals surface area contributed by atoms with E-state index in [9.17, 15) is 4.79 Å². The van der Waals surface area contributed by atoms with Crippen LogP contribution >= 0.6 is 0 Å². The van der Waals surface area contributed by atoms with E-state index in [0.29, 0.717) is 40.9 Å². The van der Waals surface area contributed by atoms with Gasteiger partial charge in [-0.05, 0) is 55.3 Å². The first-order valence-electron chi connectivity index (χ1n) is 9.51. The van der Waals surface area contributed by atoms with Gasteiger partial charge in [-0.15, -0.1) is 0 Å². The topological polar surface area (TPSA) is 101 Å². The Morgan fingerprint density at radius 2 is 1.93 bits per heavy atom. The molecule has 152 valence electrons. The van der Waals surface area contributed by atoms with Gasteiger partial charge in [-0.1, -0.05) is 5.16 Å². The Kier molecular flexibility index (Phi) is 5.35. The Labute approximate surface area is 173 Å². The molecule has 3 aromatic rings. The molecule has 1 aliphatic heterocycles. The molecular formula is C22H20N4O4. The Morgan fingerprint density at radius 3 is 2.63 bits per heavy atom. The summed E-state index contributed by atoms with van der Waals surface area (Å²) in [7, 11) is 3.14. The average molecular weight is 404 g/mol. The van der Waals surface area contributed by atoms with E-state index in [0.717, 1.165) is 18.4 Å². The number of carbonyl (C=O) groups is 1. The van der Waals surface area contributed by atoms with Gasteiger partial charge in [0.05, 0.1) is 25.9 Å². The number of benzene rings is 2. The monoisotopic (exact) mass is 404 g/mol. The number of rotatable bonds is 5. The number of ether oxygens (including phenoxy) is 2. The molecule has 2 aromatic carbocycles. The summed E-state index contributed by atoms with van der Waals surface area (Å²) in [5, 5.41) is 13.0. The Balaban J connectivity index is 1.57. The number of hydrogen-bond donors (Lipinski definition) is 0. The third kappa shape index (κ3) is 3.57. The molecular weight excluding hydrogens is 384 g/mol. The van der Waals surface area contributed by atoms with Crippen molar-refractivity contribution in [2.24, 2.45) is 0 Å². The summed E-state index contributed by atoms with van der Waals surface area (Å²) in [6.07, 6.45) is 1.59. The van der Waals surface area contributed by atoms with Gasteiger partial charge < -0.3 is 18.9 Å². The number of amides is 1. The van der Waals surface area contributed by atoms with Crippen molar-refractivity contribution < 1.29 is 18.8 Å². The van der Waals surface area contributed by atoms with Gasteiger partial charge in [0.25, 0.3) is 5.91 Å². The molecule has 8 nitrogen and oxygen atoms in total. The fourth-order valence-corrected chi connectivity index (χ4v) is 3.58. The highest BCUT2D eigenvalue weighted by molar-refractivity contribution is 5.94. The van der Waals surface area contributed by atoms with Crippen molar-refractivity contribution in [1.82, 2.24) is 15.0 Å². The van der Waals surface area contributed by atoms with E-state index in [1.165, 1.54) is 0 Å². The molecule has 1 atom stereocenters. The number of methoxy groups -OCH3 is 2. The van der Waals surface area contributed by atoms with Gasteiger partial charge in [0.1, 0.15) is 6.04 Å². The predicted molar refractivity (Wildman–Crippen MR) is 107 cm³/mol. The predicted octanol–water partition coefficient (Wildman–Crippen LogP) is 3.60. The molecule has 0 spiro atoms. The molecule has 1 saturated heterocycles. The van der Waals surface area contributed by atoms with Crippen molar-refractivity contribution in [2.45, 2.75) is 18.9 Å². The molecule has 30 heavy (non-hydrogen) atoms. The molecule has 2 heterocycles. The van der Waals surface area contributed by atoms with Crippen molar-refractivity contribution in [3.63, 3.8) is 0 Å². The fourth-order valence-electron chi connectivity index (χ4n) is 3.58. The SMILES string of the molecule is COc1ccc(-c2noc([C@@H]3CCCN3C(=O)c3ccc(C#N)cc3)n2)cc1OC. The second-order valence-electron chi connectivity index (χ2n) is 6.87. The summed E-state index contributed by atoms with van der Waals surface area (Å²) in [4.78, 5) is 19.3. The van der Waals surface area contributed by atoms with Crippen LogP contribution in [0.25, 0.3) is 11.4 Å². The minimum Gasteiger partial charge on any atom is -0.493 e. The number of carbonyl (C=O) groups excluding carboxylic acids is 1. The van der Waals surface area contributed by atoms with Gasteiger partial charge in [-0.2, -0.15) is 10.2 Å². The van der Waals surface area contributed by atoms with E-state index < -0.39 is 0 Å². The minimum atomic E-state index is -0.283. The normalized spacial score (nSPS) is 15.6. The maximum absolute atomic E-state index is 13.0. The van der Waals surface area contributed by atoms with Crippen LogP contribution in [-0.4, -0.2) is 41.7 Å². The minimum absolute atomic E-state index is 0.118. The average Bonchev–Trinajstić information content (AvgIpc) is 3.47. The lowest BCUT2D eigenvalue weighted by atomic mass is 10.1. The zero-order valence-electron chi connectivity index (χ0n) is 16.7. The molecule has 1 fully saturated rings. The third-order valence-electron chi connectivity index (χ3n) is 5.14. The zero-order chi connectivity index (χ0) is 21.1. The van der Waals surface area contributed by atoms with Crippen molar-refractivity contribution in [3.05, 3.63) is 59.5 Å². The first kappa shape index (κ1) is 19.5. The fraction of sp³-hybridized carbons (Fsp3) is 0.273. The maximum Gasteiger partial charge on any atom is 0.254 e. The van der Waals surface area contributed by atoms with Crippen LogP contribution in [0.2, 0.25) is 0 Å². The molecule has 1 aromatic heterocycles. The van der Waals surface area contributed by atoms with Crippen LogP contribution in [0.4, 0.5) is 0 Å². The first-order valence-corrected chi connectivity index (χ1v) is 9.51. The summed E-state index contributed by atoms with van der Waals surface area (Å²) >= 11 is 0. The van der Waals surface area contributed by atoms with Crippen LogP contribution in [-0.2, 0) is 0 Å². The Bertz CT molecular complexity index is 1100. The summed E-state index contributed by atoms with van der Waals surface area (Å²) in [6.45, 7) is 0.609. The molecule has 8 heteroatoms. The summed E-state index contributed by atoms with van der Waals surface area (Å²) in [6, 6.07) is 13.8. The molecule has 4 rings (SSSR count). The van der Waals surface area contributed by atoms with E-state index in [1.54, 1.807) is 55.5 Å². The van der Waals surface area contributed by atoms with Crippen LogP contribution in [0.1, 0.15) is 40.7 Å². The largest absolute Gasteiger partial charge is 0.493 e. The highest BCUT2D eigenvalue weighted by Gasteiger charge is 2.34. The number of likely N-dealkylation sites (tertiary alicyclic amines) is 1. The molecule has 0 aliphatic carbocycles. The second-order valence-corrected chi connectivity index (χ2v) is 6.87. The third-order valence-corrected chi connectivity index (χ3v) is 5.14. The van der Waals surface area contributed by atoms with Crippen molar-refractivity contribution >= 4 is 5.91 Å². The molecule has 0 saturated carbocycles. The van der Waals surface area contributed by atoms with Gasteiger partial charge in [0.2, 0.25) is 11.7 Å². The lowest BCUT2D eigenvalue weighted by Crippen LogP contribution is -2.30. The maximum atomic E-state index is 13.0. The van der Waals surface area contributed by atoms with Gasteiger partial charge in [0.15, 0.2) is 11.5 Å². The second kappa shape index (κ2) is 8.25. The van der Waals surface area contributed by atoms with E-state index in [2.05, 4.69) is 16.2 Å². The molecule has 0 N–H and O–H groups in total. The van der Waals surface area contributed by atoms with Gasteiger partial charge in [-0.3, -0.25) is 4.79 Å². The Hall–Kier alpha value is -3.86. The van der Waals surface area contributed by atoms with E-state index in [-0.39, 0.29) is 11.9 Å². The highest BCUT2D eigenvalue weighted by Crippen LogP contribution is 2.35. The van der Waals surface area contributed by atoms with Gasteiger partial charge in [0, 0.05) is 17.7 Å². The van der Waals surface area contributed by atoms with Crippen LogP contribution in [0, 0.1) is 11.3 Å². The first-order chi connectivity index (χ1) is 14.6. The van der Waals surface area contributed by atoms with Crippen molar-refractivity contribution in [1.29, 1.82) is 5.26 Å². The molecule has 0 radical (unpaired) electrons. The number of nitrogens with zero attached hydrogens (tertiary/aromatic N) is 4.